The second-order valence-electron chi connectivity index (χ2n) is 6.46. The van der Waals surface area contributed by atoms with Crippen LogP contribution in [0.4, 0.5) is 16.2 Å². The van der Waals surface area contributed by atoms with Crippen LogP contribution in [-0.4, -0.2) is 42.5 Å². The fourth-order valence-corrected chi connectivity index (χ4v) is 3.06. The quantitative estimate of drug-likeness (QED) is 0.822. The van der Waals surface area contributed by atoms with E-state index in [1.54, 1.807) is 48.2 Å². The summed E-state index contributed by atoms with van der Waals surface area (Å²) < 4.78 is 10.1. The lowest BCUT2D eigenvalue weighted by Gasteiger charge is -2.30. The summed E-state index contributed by atoms with van der Waals surface area (Å²) in [5, 5.41) is 5.61. The van der Waals surface area contributed by atoms with E-state index < -0.39 is 0 Å². The Balaban J connectivity index is 1.53. The second kappa shape index (κ2) is 9.07. The molecule has 2 aromatic rings. The smallest absolute Gasteiger partial charge is 0.409 e. The van der Waals surface area contributed by atoms with Crippen molar-refractivity contribution < 1.29 is 23.5 Å². The van der Waals surface area contributed by atoms with Gasteiger partial charge in [0.05, 0.1) is 12.9 Å². The molecule has 3 amide bonds. The predicted molar refractivity (Wildman–Crippen MR) is 103 cm³/mol. The highest BCUT2D eigenvalue weighted by molar-refractivity contribution is 6.02. The molecule has 1 saturated heterocycles. The molecule has 1 aromatic heterocycles. The highest BCUT2D eigenvalue weighted by Crippen LogP contribution is 2.22. The maximum absolute atomic E-state index is 12.5. The van der Waals surface area contributed by atoms with E-state index in [9.17, 15) is 14.4 Å². The molecule has 0 saturated carbocycles. The molecule has 0 bridgehead atoms. The first kappa shape index (κ1) is 19.5. The van der Waals surface area contributed by atoms with Gasteiger partial charge in [0, 0.05) is 30.4 Å². The Morgan fingerprint density at radius 3 is 2.46 bits per heavy atom. The maximum atomic E-state index is 12.5. The first-order chi connectivity index (χ1) is 13.6. The number of carbonyl (C=O) groups excluding carboxylic acids is 3. The minimum Gasteiger partial charge on any atom is -0.459 e. The van der Waals surface area contributed by atoms with E-state index in [0.29, 0.717) is 43.9 Å². The van der Waals surface area contributed by atoms with E-state index in [-0.39, 0.29) is 29.6 Å². The van der Waals surface area contributed by atoms with Gasteiger partial charge in [-0.3, -0.25) is 9.59 Å². The Labute approximate surface area is 162 Å². The number of rotatable bonds is 5. The Kier molecular flexibility index (Phi) is 6.31. The van der Waals surface area contributed by atoms with Crippen molar-refractivity contribution in [1.29, 1.82) is 0 Å². The van der Waals surface area contributed by atoms with Gasteiger partial charge in [0.1, 0.15) is 0 Å². The molecule has 0 unspecified atom stereocenters. The van der Waals surface area contributed by atoms with Crippen molar-refractivity contribution in [3.8, 4) is 0 Å². The zero-order chi connectivity index (χ0) is 19.9. The van der Waals surface area contributed by atoms with E-state index in [1.807, 2.05) is 0 Å². The van der Waals surface area contributed by atoms with Crippen LogP contribution in [0.25, 0.3) is 0 Å². The van der Waals surface area contributed by atoms with Crippen LogP contribution in [0.15, 0.2) is 47.1 Å². The number of hydrogen-bond acceptors (Lipinski definition) is 5. The number of ether oxygens (including phenoxy) is 1. The molecule has 0 atom stereocenters. The number of likely N-dealkylation sites (tertiary alicyclic amines) is 1. The van der Waals surface area contributed by atoms with Gasteiger partial charge in [-0.25, -0.2) is 4.79 Å². The van der Waals surface area contributed by atoms with Gasteiger partial charge in [-0.2, -0.15) is 0 Å². The highest BCUT2D eigenvalue weighted by Gasteiger charge is 2.28. The Morgan fingerprint density at radius 2 is 1.82 bits per heavy atom. The van der Waals surface area contributed by atoms with Gasteiger partial charge in [-0.15, -0.1) is 0 Å². The summed E-state index contributed by atoms with van der Waals surface area (Å²) in [5.74, 6) is -0.423. The van der Waals surface area contributed by atoms with E-state index in [4.69, 9.17) is 9.15 Å². The molecule has 0 radical (unpaired) electrons. The molecule has 1 fully saturated rings. The molecule has 0 spiro atoms. The number of furan rings is 1. The summed E-state index contributed by atoms with van der Waals surface area (Å²) in [6.07, 6.45) is 2.26. The Hall–Kier alpha value is -3.29. The van der Waals surface area contributed by atoms with Crippen LogP contribution in [0.5, 0.6) is 0 Å². The number of piperidine rings is 1. The summed E-state index contributed by atoms with van der Waals surface area (Å²) in [6.45, 7) is 3.10. The number of nitrogens with zero attached hydrogens (tertiary/aromatic N) is 1. The number of carbonyl (C=O) groups is 3. The van der Waals surface area contributed by atoms with Crippen molar-refractivity contribution in [2.24, 2.45) is 5.92 Å². The van der Waals surface area contributed by atoms with Gasteiger partial charge in [-0.05, 0) is 50.1 Å². The van der Waals surface area contributed by atoms with Crippen molar-refractivity contribution in [2.45, 2.75) is 19.8 Å². The number of amides is 3. The van der Waals surface area contributed by atoms with Crippen molar-refractivity contribution in [3.63, 3.8) is 0 Å². The minimum atomic E-state index is -0.361. The number of benzene rings is 1. The first-order valence-corrected chi connectivity index (χ1v) is 9.24. The third kappa shape index (κ3) is 4.91. The van der Waals surface area contributed by atoms with Crippen LogP contribution in [0, 0.1) is 5.92 Å². The summed E-state index contributed by atoms with van der Waals surface area (Å²) in [5.41, 5.74) is 1.14. The lowest BCUT2D eigenvalue weighted by atomic mass is 9.96. The van der Waals surface area contributed by atoms with Gasteiger partial charge < -0.3 is 24.7 Å². The van der Waals surface area contributed by atoms with Gasteiger partial charge in [0.2, 0.25) is 5.91 Å². The average Bonchev–Trinajstić information content (AvgIpc) is 3.23. The minimum absolute atomic E-state index is 0.0991. The van der Waals surface area contributed by atoms with Crippen molar-refractivity contribution in [1.82, 2.24) is 4.90 Å². The number of nitrogens with one attached hydrogen (secondary N) is 2. The van der Waals surface area contributed by atoms with Crippen LogP contribution >= 0.6 is 0 Å². The summed E-state index contributed by atoms with van der Waals surface area (Å²) in [7, 11) is 0. The van der Waals surface area contributed by atoms with E-state index in [0.717, 1.165) is 0 Å². The van der Waals surface area contributed by atoms with Gasteiger partial charge >= 0.3 is 6.09 Å². The molecule has 1 aliphatic heterocycles. The summed E-state index contributed by atoms with van der Waals surface area (Å²) in [6, 6.07) is 10.1. The molecule has 0 aliphatic carbocycles. The van der Waals surface area contributed by atoms with Crippen molar-refractivity contribution in [3.05, 3.63) is 48.4 Å². The van der Waals surface area contributed by atoms with E-state index >= 15 is 0 Å². The molecule has 8 heteroatoms. The third-order valence-electron chi connectivity index (χ3n) is 4.52. The van der Waals surface area contributed by atoms with Crippen LogP contribution in [0.1, 0.15) is 30.3 Å². The molecule has 8 nitrogen and oxygen atoms in total. The molecule has 2 N–H and O–H groups in total. The van der Waals surface area contributed by atoms with Crippen molar-refractivity contribution >= 4 is 29.3 Å². The van der Waals surface area contributed by atoms with Crippen LogP contribution in [-0.2, 0) is 9.53 Å². The molecule has 1 aromatic carbocycles. The zero-order valence-corrected chi connectivity index (χ0v) is 15.6. The number of anilines is 2. The molecular formula is C20H23N3O5. The SMILES string of the molecule is CCOC(=O)N1CCC(C(=O)Nc2cccc(NC(=O)c3ccco3)c2)CC1. The van der Waals surface area contributed by atoms with Crippen LogP contribution in [0.3, 0.4) is 0 Å². The van der Waals surface area contributed by atoms with Gasteiger partial charge in [-0.1, -0.05) is 6.07 Å². The molecule has 3 rings (SSSR count). The number of hydrogen-bond donors (Lipinski definition) is 2. The molecule has 1 aliphatic rings. The summed E-state index contributed by atoms with van der Waals surface area (Å²) in [4.78, 5) is 38.0. The monoisotopic (exact) mass is 385 g/mol. The largest absolute Gasteiger partial charge is 0.459 e. The highest BCUT2D eigenvalue weighted by atomic mass is 16.6. The van der Waals surface area contributed by atoms with Gasteiger partial charge in [0.25, 0.3) is 5.91 Å². The fourth-order valence-electron chi connectivity index (χ4n) is 3.06. The molecular weight excluding hydrogens is 362 g/mol. The second-order valence-corrected chi connectivity index (χ2v) is 6.46. The fraction of sp³-hybridized carbons (Fsp3) is 0.350. The van der Waals surface area contributed by atoms with Crippen LogP contribution < -0.4 is 10.6 Å². The average molecular weight is 385 g/mol. The maximum Gasteiger partial charge on any atom is 0.409 e. The normalized spacial score (nSPS) is 14.4. The Bertz CT molecular complexity index is 826. The topological polar surface area (TPSA) is 101 Å². The van der Waals surface area contributed by atoms with Crippen molar-refractivity contribution in [2.75, 3.05) is 30.3 Å². The van der Waals surface area contributed by atoms with Gasteiger partial charge in [0.15, 0.2) is 5.76 Å². The molecule has 148 valence electrons. The lowest BCUT2D eigenvalue weighted by molar-refractivity contribution is -0.121. The van der Waals surface area contributed by atoms with E-state index in [2.05, 4.69) is 10.6 Å². The first-order valence-electron chi connectivity index (χ1n) is 9.24. The summed E-state index contributed by atoms with van der Waals surface area (Å²) >= 11 is 0. The zero-order valence-electron chi connectivity index (χ0n) is 15.6. The molecule has 28 heavy (non-hydrogen) atoms. The third-order valence-corrected chi connectivity index (χ3v) is 4.52. The standard InChI is InChI=1S/C20H23N3O5/c1-2-27-20(26)23-10-8-14(9-11-23)18(24)21-15-5-3-6-16(13-15)22-19(25)17-7-4-12-28-17/h3-7,12-14H,2,8-11H2,1H3,(H,21,24)(H,22,25). The Morgan fingerprint density at radius 1 is 1.11 bits per heavy atom. The van der Waals surface area contributed by atoms with E-state index in [1.165, 1.54) is 6.26 Å². The van der Waals surface area contributed by atoms with Crippen LogP contribution in [0.2, 0.25) is 0 Å². The lowest BCUT2D eigenvalue weighted by Crippen LogP contribution is -2.41. The predicted octanol–water partition coefficient (Wildman–Crippen LogP) is 3.34. The molecule has 2 heterocycles.